The van der Waals surface area contributed by atoms with Crippen LogP contribution in [-0.2, 0) is 5.60 Å². The summed E-state index contributed by atoms with van der Waals surface area (Å²) >= 11 is 1.36. The van der Waals surface area contributed by atoms with Crippen molar-refractivity contribution in [2.75, 3.05) is 19.0 Å². The van der Waals surface area contributed by atoms with Crippen molar-refractivity contribution >= 4 is 22.7 Å². The molecule has 0 aliphatic carbocycles. The lowest BCUT2D eigenvalue weighted by molar-refractivity contribution is -0.386. The molecule has 0 aliphatic rings. The van der Waals surface area contributed by atoms with Crippen LogP contribution in [0.15, 0.2) is 29.6 Å². The predicted molar refractivity (Wildman–Crippen MR) is 82.0 cm³/mol. The maximum atomic E-state index is 13.8. The minimum atomic E-state index is -1.23. The molecule has 0 saturated heterocycles. The summed E-state index contributed by atoms with van der Waals surface area (Å²) in [5.74, 6) is -0.844. The van der Waals surface area contributed by atoms with Crippen LogP contribution in [0.2, 0.25) is 0 Å². The average molecular weight is 326 g/mol. The largest absolute Gasteiger partial charge is 0.497 e. The number of halogens is 1. The molecule has 0 saturated carbocycles. The number of anilines is 1. The van der Waals surface area contributed by atoms with Crippen molar-refractivity contribution in [3.8, 4) is 5.75 Å². The number of hydrogen-bond acceptors (Lipinski definition) is 6. The molecule has 0 bridgehead atoms. The molecule has 2 aromatic rings. The molecule has 1 unspecified atom stereocenters. The third kappa shape index (κ3) is 3.34. The number of methoxy groups -OCH3 is 1. The van der Waals surface area contributed by atoms with E-state index in [4.69, 9.17) is 4.74 Å². The molecule has 0 fully saturated rings. The van der Waals surface area contributed by atoms with E-state index in [9.17, 15) is 19.6 Å². The average Bonchev–Trinajstić information content (AvgIpc) is 2.99. The van der Waals surface area contributed by atoms with Crippen molar-refractivity contribution in [3.63, 3.8) is 0 Å². The van der Waals surface area contributed by atoms with Crippen molar-refractivity contribution < 1.29 is 19.2 Å². The number of benzene rings is 1. The molecular formula is C14H15FN2O4S. The Hall–Kier alpha value is -2.19. The zero-order chi connectivity index (χ0) is 16.3. The maximum Gasteiger partial charge on any atom is 0.327 e. The zero-order valence-corrected chi connectivity index (χ0v) is 12.8. The summed E-state index contributed by atoms with van der Waals surface area (Å²) in [5.41, 5.74) is -1.96. The molecule has 2 rings (SSSR count). The Kier molecular flexibility index (Phi) is 4.62. The Bertz CT molecular complexity index is 674. The predicted octanol–water partition coefficient (Wildman–Crippen LogP) is 3.12. The molecular weight excluding hydrogens is 311 g/mol. The number of nitro benzene ring substituents is 1. The van der Waals surface area contributed by atoms with Gasteiger partial charge in [-0.3, -0.25) is 10.1 Å². The van der Waals surface area contributed by atoms with Crippen molar-refractivity contribution in [1.82, 2.24) is 0 Å². The summed E-state index contributed by atoms with van der Waals surface area (Å²) in [5, 5.41) is 26.0. The number of thiophene rings is 1. The van der Waals surface area contributed by atoms with Gasteiger partial charge in [0.25, 0.3) is 0 Å². The molecule has 8 heteroatoms. The highest BCUT2D eigenvalue weighted by molar-refractivity contribution is 7.10. The first-order valence-corrected chi connectivity index (χ1v) is 7.25. The second-order valence-corrected chi connectivity index (χ2v) is 5.81. The van der Waals surface area contributed by atoms with Gasteiger partial charge in [-0.25, -0.2) is 0 Å². The van der Waals surface area contributed by atoms with Gasteiger partial charge in [0, 0.05) is 23.6 Å². The smallest absolute Gasteiger partial charge is 0.327 e. The molecule has 2 N–H and O–H groups in total. The van der Waals surface area contributed by atoms with Crippen LogP contribution in [0.1, 0.15) is 11.8 Å². The van der Waals surface area contributed by atoms with E-state index in [1.165, 1.54) is 24.5 Å². The summed E-state index contributed by atoms with van der Waals surface area (Å²) < 4.78 is 18.7. The fourth-order valence-electron chi connectivity index (χ4n) is 1.95. The van der Waals surface area contributed by atoms with Crippen LogP contribution >= 0.6 is 11.3 Å². The topological polar surface area (TPSA) is 84.6 Å². The first kappa shape index (κ1) is 16.2. The van der Waals surface area contributed by atoms with Crippen molar-refractivity contribution in [1.29, 1.82) is 0 Å². The van der Waals surface area contributed by atoms with E-state index in [0.717, 1.165) is 6.07 Å². The van der Waals surface area contributed by atoms with Crippen LogP contribution in [0.4, 0.5) is 15.8 Å². The Balaban J connectivity index is 2.29. The van der Waals surface area contributed by atoms with Crippen molar-refractivity contribution in [2.24, 2.45) is 0 Å². The standard InChI is InChI=1S/C14H15FN2O4S/c1-14(18,12-4-3-5-22-12)8-16-11-7-9(21-2)6-10(15)13(11)17(19)20/h3-7,16,18H,8H2,1-2H3. The molecule has 1 aromatic heterocycles. The lowest BCUT2D eigenvalue weighted by atomic mass is 10.0. The summed E-state index contributed by atoms with van der Waals surface area (Å²) in [6, 6.07) is 5.82. The van der Waals surface area contributed by atoms with Gasteiger partial charge in [-0.2, -0.15) is 4.39 Å². The quantitative estimate of drug-likeness (QED) is 0.629. The first-order valence-electron chi connectivity index (χ1n) is 6.37. The summed E-state index contributed by atoms with van der Waals surface area (Å²) in [4.78, 5) is 10.9. The Morgan fingerprint density at radius 2 is 2.27 bits per heavy atom. The van der Waals surface area contributed by atoms with Gasteiger partial charge >= 0.3 is 5.69 Å². The van der Waals surface area contributed by atoms with E-state index in [2.05, 4.69) is 5.32 Å². The highest BCUT2D eigenvalue weighted by Crippen LogP contribution is 2.34. The van der Waals surface area contributed by atoms with Crippen molar-refractivity contribution in [3.05, 3.63) is 50.5 Å². The second-order valence-electron chi connectivity index (χ2n) is 4.87. The number of aliphatic hydroxyl groups is 1. The monoisotopic (exact) mass is 326 g/mol. The van der Waals surface area contributed by atoms with Gasteiger partial charge in [-0.05, 0) is 18.4 Å². The highest BCUT2D eigenvalue weighted by Gasteiger charge is 2.27. The van der Waals surface area contributed by atoms with Crippen molar-refractivity contribution in [2.45, 2.75) is 12.5 Å². The fourth-order valence-corrected chi connectivity index (χ4v) is 2.74. The number of nitro groups is 1. The van der Waals surface area contributed by atoms with E-state index in [1.807, 2.05) is 5.38 Å². The molecule has 1 atom stereocenters. The van der Waals surface area contributed by atoms with E-state index >= 15 is 0 Å². The minimum absolute atomic E-state index is 0.0129. The molecule has 0 amide bonds. The molecule has 118 valence electrons. The van der Waals surface area contributed by atoms with Gasteiger partial charge < -0.3 is 15.2 Å². The Labute approximate surface area is 130 Å². The van der Waals surface area contributed by atoms with Gasteiger partial charge in [0.05, 0.1) is 12.0 Å². The van der Waals surface area contributed by atoms with Gasteiger partial charge in [0.2, 0.25) is 5.82 Å². The van der Waals surface area contributed by atoms with Gasteiger partial charge in [-0.15, -0.1) is 11.3 Å². The van der Waals surface area contributed by atoms with Gasteiger partial charge in [0.15, 0.2) is 0 Å². The van der Waals surface area contributed by atoms with Crippen LogP contribution in [0.25, 0.3) is 0 Å². The van der Waals surface area contributed by atoms with Crippen LogP contribution in [0.3, 0.4) is 0 Å². The summed E-state index contributed by atoms with van der Waals surface area (Å²) in [6.45, 7) is 1.56. The number of rotatable bonds is 6. The highest BCUT2D eigenvalue weighted by atomic mass is 32.1. The number of nitrogens with one attached hydrogen (secondary N) is 1. The normalized spacial score (nSPS) is 13.5. The zero-order valence-electron chi connectivity index (χ0n) is 12.0. The lowest BCUT2D eigenvalue weighted by Gasteiger charge is -2.23. The van der Waals surface area contributed by atoms with Crippen LogP contribution < -0.4 is 10.1 Å². The molecule has 1 heterocycles. The summed E-state index contributed by atoms with van der Waals surface area (Å²) in [7, 11) is 1.34. The SMILES string of the molecule is COc1cc(F)c([N+](=O)[O-])c(NCC(C)(O)c2cccs2)c1. The van der Waals surface area contributed by atoms with E-state index in [1.54, 1.807) is 19.1 Å². The van der Waals surface area contributed by atoms with Crippen LogP contribution in [0.5, 0.6) is 5.75 Å². The van der Waals surface area contributed by atoms with Gasteiger partial charge in [0.1, 0.15) is 17.0 Å². The van der Waals surface area contributed by atoms with E-state index in [-0.39, 0.29) is 18.0 Å². The number of hydrogen-bond donors (Lipinski definition) is 2. The summed E-state index contributed by atoms with van der Waals surface area (Å²) in [6.07, 6.45) is 0. The molecule has 1 aromatic carbocycles. The first-order chi connectivity index (χ1) is 10.3. The molecule has 6 nitrogen and oxygen atoms in total. The lowest BCUT2D eigenvalue weighted by Crippen LogP contribution is -2.30. The third-order valence-corrected chi connectivity index (χ3v) is 4.25. The molecule has 0 aliphatic heterocycles. The number of ether oxygens (including phenoxy) is 1. The van der Waals surface area contributed by atoms with Crippen LogP contribution in [-0.4, -0.2) is 23.7 Å². The van der Waals surface area contributed by atoms with E-state index < -0.39 is 22.0 Å². The van der Waals surface area contributed by atoms with E-state index in [0.29, 0.717) is 4.88 Å². The second kappa shape index (κ2) is 6.29. The fraction of sp³-hybridized carbons (Fsp3) is 0.286. The Morgan fingerprint density at radius 1 is 1.55 bits per heavy atom. The Morgan fingerprint density at radius 3 is 2.82 bits per heavy atom. The molecule has 0 radical (unpaired) electrons. The molecule has 22 heavy (non-hydrogen) atoms. The molecule has 0 spiro atoms. The van der Waals surface area contributed by atoms with Crippen LogP contribution in [0, 0.1) is 15.9 Å². The van der Waals surface area contributed by atoms with Gasteiger partial charge in [-0.1, -0.05) is 6.07 Å². The maximum absolute atomic E-state index is 13.8. The third-order valence-electron chi connectivity index (χ3n) is 3.13. The minimum Gasteiger partial charge on any atom is -0.497 e. The number of nitrogens with zero attached hydrogens (tertiary/aromatic N) is 1.